The minimum Gasteiger partial charge on any atom is -0.480 e. The number of carboxylic acids is 1. The lowest BCUT2D eigenvalue weighted by molar-refractivity contribution is -0.144. The van der Waals surface area contributed by atoms with Gasteiger partial charge in [0, 0.05) is 12.6 Å². The molecular formula is C16H31NO3. The Hall–Kier alpha value is -0.610. The van der Waals surface area contributed by atoms with Gasteiger partial charge >= 0.3 is 5.97 Å². The minimum absolute atomic E-state index is 0.297. The summed E-state index contributed by atoms with van der Waals surface area (Å²) in [6, 6.07) is 0.415. The summed E-state index contributed by atoms with van der Waals surface area (Å²) in [5, 5.41) is 12.6. The van der Waals surface area contributed by atoms with E-state index in [4.69, 9.17) is 4.74 Å². The average molecular weight is 285 g/mol. The summed E-state index contributed by atoms with van der Waals surface area (Å²) >= 11 is 0. The summed E-state index contributed by atoms with van der Waals surface area (Å²) in [5.74, 6) is -0.0819. The van der Waals surface area contributed by atoms with Crippen molar-refractivity contribution in [2.24, 2.45) is 5.92 Å². The zero-order valence-electron chi connectivity index (χ0n) is 13.4. The van der Waals surface area contributed by atoms with Gasteiger partial charge in [-0.05, 0) is 58.3 Å². The second-order valence-electron chi connectivity index (χ2n) is 6.82. The van der Waals surface area contributed by atoms with Crippen molar-refractivity contribution in [2.75, 3.05) is 6.61 Å². The van der Waals surface area contributed by atoms with Crippen molar-refractivity contribution >= 4 is 5.97 Å². The molecule has 1 fully saturated rings. The maximum absolute atomic E-state index is 11.4. The maximum atomic E-state index is 11.4. The minimum atomic E-state index is -0.773. The van der Waals surface area contributed by atoms with Crippen LogP contribution in [0.1, 0.15) is 66.2 Å². The van der Waals surface area contributed by atoms with Crippen LogP contribution in [-0.4, -0.2) is 35.4 Å². The summed E-state index contributed by atoms with van der Waals surface area (Å²) in [7, 11) is 0. The molecule has 0 spiro atoms. The number of hydrogen-bond acceptors (Lipinski definition) is 3. The largest absolute Gasteiger partial charge is 0.480 e. The molecule has 1 saturated carbocycles. The van der Waals surface area contributed by atoms with Gasteiger partial charge in [-0.1, -0.05) is 13.8 Å². The van der Waals surface area contributed by atoms with E-state index in [1.807, 2.05) is 0 Å². The van der Waals surface area contributed by atoms with E-state index >= 15 is 0 Å². The van der Waals surface area contributed by atoms with E-state index < -0.39 is 11.5 Å². The molecule has 0 amide bonds. The molecule has 0 saturated heterocycles. The SMILES string of the molecule is CC(C)CC(C)OCCCCC(C)(NC1CC1)C(=O)O. The maximum Gasteiger partial charge on any atom is 0.323 e. The number of aliphatic carboxylic acids is 1. The van der Waals surface area contributed by atoms with Crippen molar-refractivity contribution in [3.63, 3.8) is 0 Å². The number of carboxylic acid groups (broad SMARTS) is 1. The molecule has 0 aromatic carbocycles. The van der Waals surface area contributed by atoms with Crippen LogP contribution in [-0.2, 0) is 9.53 Å². The predicted molar refractivity (Wildman–Crippen MR) is 80.9 cm³/mol. The van der Waals surface area contributed by atoms with Crippen LogP contribution in [0.4, 0.5) is 0 Å². The lowest BCUT2D eigenvalue weighted by atomic mass is 9.95. The first-order chi connectivity index (χ1) is 9.33. The van der Waals surface area contributed by atoms with Crippen LogP contribution in [0, 0.1) is 5.92 Å². The molecule has 118 valence electrons. The highest BCUT2D eigenvalue weighted by Gasteiger charge is 2.37. The van der Waals surface area contributed by atoms with Crippen molar-refractivity contribution < 1.29 is 14.6 Å². The van der Waals surface area contributed by atoms with Crippen molar-refractivity contribution in [3.05, 3.63) is 0 Å². The zero-order valence-corrected chi connectivity index (χ0v) is 13.4. The molecular weight excluding hydrogens is 254 g/mol. The van der Waals surface area contributed by atoms with Gasteiger partial charge in [0.1, 0.15) is 5.54 Å². The Labute approximate surface area is 123 Å². The highest BCUT2D eigenvalue weighted by atomic mass is 16.5. The molecule has 20 heavy (non-hydrogen) atoms. The van der Waals surface area contributed by atoms with E-state index in [2.05, 4.69) is 26.1 Å². The number of rotatable bonds is 11. The number of ether oxygens (including phenoxy) is 1. The van der Waals surface area contributed by atoms with Gasteiger partial charge < -0.3 is 9.84 Å². The van der Waals surface area contributed by atoms with E-state index in [-0.39, 0.29) is 0 Å². The van der Waals surface area contributed by atoms with Crippen molar-refractivity contribution in [3.8, 4) is 0 Å². The number of unbranched alkanes of at least 4 members (excludes halogenated alkanes) is 1. The fourth-order valence-corrected chi connectivity index (χ4v) is 2.52. The molecule has 2 atom stereocenters. The fraction of sp³-hybridized carbons (Fsp3) is 0.938. The van der Waals surface area contributed by atoms with E-state index in [1.54, 1.807) is 6.92 Å². The molecule has 0 radical (unpaired) electrons. The number of nitrogens with one attached hydrogen (secondary N) is 1. The molecule has 1 aliphatic rings. The predicted octanol–water partition coefficient (Wildman–Crippen LogP) is 3.20. The second kappa shape index (κ2) is 7.99. The van der Waals surface area contributed by atoms with E-state index in [0.29, 0.717) is 24.5 Å². The fourth-order valence-electron chi connectivity index (χ4n) is 2.52. The Kier molecular flexibility index (Phi) is 6.96. The third-order valence-corrected chi connectivity index (χ3v) is 3.85. The van der Waals surface area contributed by atoms with Gasteiger partial charge in [-0.25, -0.2) is 0 Å². The first-order valence-corrected chi connectivity index (χ1v) is 7.96. The van der Waals surface area contributed by atoms with Crippen LogP contribution in [0.2, 0.25) is 0 Å². The first kappa shape index (κ1) is 17.4. The smallest absolute Gasteiger partial charge is 0.323 e. The summed E-state index contributed by atoms with van der Waals surface area (Å²) in [4.78, 5) is 11.4. The second-order valence-corrected chi connectivity index (χ2v) is 6.82. The molecule has 0 heterocycles. The molecule has 4 heteroatoms. The van der Waals surface area contributed by atoms with Gasteiger partial charge in [0.05, 0.1) is 6.10 Å². The highest BCUT2D eigenvalue weighted by Crippen LogP contribution is 2.25. The Morgan fingerprint density at radius 1 is 1.35 bits per heavy atom. The van der Waals surface area contributed by atoms with Crippen LogP contribution in [0.25, 0.3) is 0 Å². The molecule has 0 aromatic heterocycles. The highest BCUT2D eigenvalue weighted by molar-refractivity contribution is 5.78. The normalized spacial score (nSPS) is 19.9. The van der Waals surface area contributed by atoms with Crippen molar-refractivity contribution in [1.82, 2.24) is 5.32 Å². The zero-order chi connectivity index (χ0) is 15.2. The Morgan fingerprint density at radius 3 is 2.50 bits per heavy atom. The third kappa shape index (κ3) is 6.71. The molecule has 2 unspecified atom stereocenters. The van der Waals surface area contributed by atoms with Crippen LogP contribution >= 0.6 is 0 Å². The Balaban J connectivity index is 2.16. The van der Waals surface area contributed by atoms with Gasteiger partial charge in [0.25, 0.3) is 0 Å². The van der Waals surface area contributed by atoms with Gasteiger partial charge in [-0.3, -0.25) is 10.1 Å². The van der Waals surface area contributed by atoms with Crippen LogP contribution in [0.15, 0.2) is 0 Å². The summed E-state index contributed by atoms with van der Waals surface area (Å²) < 4.78 is 5.75. The molecule has 1 rings (SSSR count). The molecule has 4 nitrogen and oxygen atoms in total. The third-order valence-electron chi connectivity index (χ3n) is 3.85. The summed E-state index contributed by atoms with van der Waals surface area (Å²) in [6.45, 7) is 9.03. The van der Waals surface area contributed by atoms with E-state index in [9.17, 15) is 9.90 Å². The van der Waals surface area contributed by atoms with Crippen LogP contribution in [0.5, 0.6) is 0 Å². The van der Waals surface area contributed by atoms with Crippen LogP contribution in [0.3, 0.4) is 0 Å². The molecule has 0 bridgehead atoms. The van der Waals surface area contributed by atoms with E-state index in [1.165, 1.54) is 0 Å². The average Bonchev–Trinajstić information content (AvgIpc) is 3.11. The first-order valence-electron chi connectivity index (χ1n) is 7.96. The molecule has 2 N–H and O–H groups in total. The van der Waals surface area contributed by atoms with Crippen LogP contribution < -0.4 is 5.32 Å². The number of carbonyl (C=O) groups is 1. The van der Waals surface area contributed by atoms with Gasteiger partial charge in [0.2, 0.25) is 0 Å². The molecule has 0 aromatic rings. The molecule has 1 aliphatic carbocycles. The van der Waals surface area contributed by atoms with Crippen molar-refractivity contribution in [1.29, 1.82) is 0 Å². The summed E-state index contributed by atoms with van der Waals surface area (Å²) in [5.41, 5.74) is -0.773. The monoisotopic (exact) mass is 285 g/mol. The standard InChI is InChI=1S/C16H31NO3/c1-12(2)11-13(3)20-10-6-5-9-16(4,15(18)19)17-14-7-8-14/h12-14,17H,5-11H2,1-4H3,(H,18,19). The Morgan fingerprint density at radius 2 is 2.00 bits per heavy atom. The molecule has 0 aliphatic heterocycles. The topological polar surface area (TPSA) is 58.6 Å². The lowest BCUT2D eigenvalue weighted by Crippen LogP contribution is -2.50. The lowest BCUT2D eigenvalue weighted by Gasteiger charge is -2.26. The quantitative estimate of drug-likeness (QED) is 0.572. The number of hydrogen-bond donors (Lipinski definition) is 2. The summed E-state index contributed by atoms with van der Waals surface area (Å²) in [6.07, 6.45) is 6.08. The van der Waals surface area contributed by atoms with Gasteiger partial charge in [-0.2, -0.15) is 0 Å². The van der Waals surface area contributed by atoms with Crippen molar-refractivity contribution in [2.45, 2.75) is 83.9 Å². The van der Waals surface area contributed by atoms with Gasteiger partial charge in [0.15, 0.2) is 0 Å². The van der Waals surface area contributed by atoms with E-state index in [0.717, 1.165) is 38.7 Å². The van der Waals surface area contributed by atoms with Gasteiger partial charge in [-0.15, -0.1) is 0 Å². The Bertz CT molecular complexity index is 302.